The predicted octanol–water partition coefficient (Wildman–Crippen LogP) is 1.27. The maximum Gasteiger partial charge on any atom is 0.412 e. The highest BCUT2D eigenvalue weighted by molar-refractivity contribution is 6.45. The molecule has 0 unspecified atom stereocenters. The number of ether oxygens (including phenoxy) is 1. The molecule has 2 N–H and O–H groups in total. The van der Waals surface area contributed by atoms with Crippen molar-refractivity contribution in [2.24, 2.45) is 0 Å². The molecule has 0 heterocycles. The normalized spacial score (nSPS) is 10.8. The molecule has 4 nitrogen and oxygen atoms in total. The molecule has 0 atom stereocenters. The number of nitrogens with one attached hydrogen (secondary N) is 1. The molecule has 5 heteroatoms. The summed E-state index contributed by atoms with van der Waals surface area (Å²) in [6.07, 6.45) is -0.492. The van der Waals surface area contributed by atoms with Crippen molar-refractivity contribution in [1.82, 2.24) is 0 Å². The van der Waals surface area contributed by atoms with E-state index < -0.39 is 11.7 Å². The summed E-state index contributed by atoms with van der Waals surface area (Å²) < 4.78 is 5.09. The maximum absolute atomic E-state index is 11.4. The van der Waals surface area contributed by atoms with Gasteiger partial charge in [-0.1, -0.05) is 17.6 Å². The largest absolute Gasteiger partial charge is 0.450 e. The lowest BCUT2D eigenvalue weighted by atomic mass is 9.89. The third-order valence-corrected chi connectivity index (χ3v) is 1.71. The fourth-order valence-corrected chi connectivity index (χ4v) is 1.07. The maximum atomic E-state index is 11.4. The van der Waals surface area contributed by atoms with E-state index in [1.54, 1.807) is 45.0 Å². The van der Waals surface area contributed by atoms with Crippen molar-refractivity contribution in [1.29, 1.82) is 0 Å². The Labute approximate surface area is 95.9 Å². The van der Waals surface area contributed by atoms with Gasteiger partial charge in [-0.15, -0.1) is 0 Å². The number of carbonyl (C=O) groups is 1. The van der Waals surface area contributed by atoms with Crippen LogP contribution in [0.4, 0.5) is 10.5 Å². The van der Waals surface area contributed by atoms with Crippen LogP contribution in [0, 0.1) is 0 Å². The summed E-state index contributed by atoms with van der Waals surface area (Å²) in [4.78, 5) is 11.4. The van der Waals surface area contributed by atoms with Crippen molar-refractivity contribution in [3.05, 3.63) is 24.3 Å². The zero-order valence-electron chi connectivity index (χ0n) is 9.65. The van der Waals surface area contributed by atoms with Crippen LogP contribution < -0.4 is 10.8 Å². The number of benzene rings is 1. The van der Waals surface area contributed by atoms with Gasteiger partial charge in [0.1, 0.15) is 5.60 Å². The Morgan fingerprint density at radius 2 is 1.88 bits per heavy atom. The van der Waals surface area contributed by atoms with Crippen LogP contribution >= 0.6 is 0 Å². The lowest BCUT2D eigenvalue weighted by Crippen LogP contribution is -2.27. The minimum absolute atomic E-state index is 0.492. The summed E-state index contributed by atoms with van der Waals surface area (Å²) in [5, 5.41) is 11.3. The van der Waals surface area contributed by atoms with Crippen molar-refractivity contribution in [3.8, 4) is 0 Å². The van der Waals surface area contributed by atoms with E-state index in [-0.39, 0.29) is 0 Å². The highest BCUT2D eigenvalue weighted by Gasteiger charge is 2.15. The number of hydrogen-bond donors (Lipinski definition) is 2. The minimum atomic E-state index is -0.511. The molecule has 0 saturated heterocycles. The zero-order chi connectivity index (χ0) is 12.2. The standard InChI is InChI=1S/C11H15BNO3/c1-11(2,3)16-10(14)13-9-6-4-8(12-15)5-7-9/h4-7,15H,1-3H3,(H,13,14). The van der Waals surface area contributed by atoms with Crippen LogP contribution in [-0.2, 0) is 4.74 Å². The van der Waals surface area contributed by atoms with Crippen LogP contribution in [0.5, 0.6) is 0 Å². The van der Waals surface area contributed by atoms with E-state index >= 15 is 0 Å². The molecule has 0 aromatic heterocycles. The predicted molar refractivity (Wildman–Crippen MR) is 63.9 cm³/mol. The first-order valence-electron chi connectivity index (χ1n) is 4.98. The summed E-state index contributed by atoms with van der Waals surface area (Å²) in [5.74, 6) is 0. The Morgan fingerprint density at radius 3 is 2.31 bits per heavy atom. The lowest BCUT2D eigenvalue weighted by molar-refractivity contribution is 0.0636. The second-order valence-corrected chi connectivity index (χ2v) is 4.38. The second-order valence-electron chi connectivity index (χ2n) is 4.38. The van der Waals surface area contributed by atoms with Crippen molar-refractivity contribution in [2.45, 2.75) is 26.4 Å². The van der Waals surface area contributed by atoms with Crippen LogP contribution in [0.15, 0.2) is 24.3 Å². The van der Waals surface area contributed by atoms with Gasteiger partial charge in [0, 0.05) is 5.69 Å². The fourth-order valence-electron chi connectivity index (χ4n) is 1.07. The summed E-state index contributed by atoms with van der Waals surface area (Å²) in [6.45, 7) is 5.41. The molecule has 1 aromatic rings. The molecule has 16 heavy (non-hydrogen) atoms. The molecule has 0 spiro atoms. The highest BCUT2D eigenvalue weighted by atomic mass is 16.6. The number of carbonyl (C=O) groups excluding carboxylic acids is 1. The molecule has 1 rings (SSSR count). The van der Waals surface area contributed by atoms with E-state index in [2.05, 4.69) is 5.32 Å². The van der Waals surface area contributed by atoms with Crippen LogP contribution in [0.25, 0.3) is 0 Å². The first-order valence-corrected chi connectivity index (χ1v) is 4.98. The quantitative estimate of drug-likeness (QED) is 0.738. The smallest absolute Gasteiger partial charge is 0.412 e. The summed E-state index contributed by atoms with van der Waals surface area (Å²) in [5.41, 5.74) is 0.790. The first-order chi connectivity index (χ1) is 7.40. The average molecular weight is 220 g/mol. The Morgan fingerprint density at radius 1 is 1.31 bits per heavy atom. The molecule has 1 amide bonds. The Kier molecular flexibility index (Phi) is 3.96. The number of anilines is 1. The fraction of sp³-hybridized carbons (Fsp3) is 0.364. The molecule has 0 bridgehead atoms. The van der Waals surface area contributed by atoms with Crippen LogP contribution in [0.1, 0.15) is 20.8 Å². The third kappa shape index (κ3) is 4.36. The Balaban J connectivity index is 2.56. The summed E-state index contributed by atoms with van der Waals surface area (Å²) in [7, 11) is 0.997. The van der Waals surface area contributed by atoms with Gasteiger partial charge in [-0.05, 0) is 32.9 Å². The van der Waals surface area contributed by atoms with Gasteiger partial charge in [0.15, 0.2) is 0 Å². The zero-order valence-corrected chi connectivity index (χ0v) is 9.65. The average Bonchev–Trinajstić information content (AvgIpc) is 2.16. The molecule has 85 valence electrons. The SMILES string of the molecule is CC(C)(C)OC(=O)Nc1ccc([B]O)cc1. The molecule has 1 aromatic carbocycles. The van der Waals surface area contributed by atoms with Crippen molar-refractivity contribution in [2.75, 3.05) is 5.32 Å². The number of rotatable bonds is 2. The molecule has 0 saturated carbocycles. The molecular formula is C11H15BNO3. The van der Waals surface area contributed by atoms with Crippen molar-refractivity contribution in [3.63, 3.8) is 0 Å². The molecular weight excluding hydrogens is 205 g/mol. The highest BCUT2D eigenvalue weighted by Crippen LogP contribution is 2.10. The monoisotopic (exact) mass is 220 g/mol. The minimum Gasteiger partial charge on any atom is -0.450 e. The second kappa shape index (κ2) is 5.03. The van der Waals surface area contributed by atoms with E-state index in [0.29, 0.717) is 11.2 Å². The van der Waals surface area contributed by atoms with Gasteiger partial charge in [-0.2, -0.15) is 0 Å². The van der Waals surface area contributed by atoms with Gasteiger partial charge in [-0.25, -0.2) is 4.79 Å². The van der Waals surface area contributed by atoms with Gasteiger partial charge < -0.3 is 9.76 Å². The van der Waals surface area contributed by atoms with Crippen molar-refractivity contribution >= 4 is 24.7 Å². The first kappa shape index (κ1) is 12.6. The van der Waals surface area contributed by atoms with E-state index in [1.807, 2.05) is 0 Å². The Hall–Kier alpha value is -1.49. The van der Waals surface area contributed by atoms with Crippen LogP contribution in [0.3, 0.4) is 0 Å². The van der Waals surface area contributed by atoms with Gasteiger partial charge in [0.25, 0.3) is 0 Å². The van der Waals surface area contributed by atoms with Gasteiger partial charge in [0.2, 0.25) is 0 Å². The van der Waals surface area contributed by atoms with Gasteiger partial charge in [0.05, 0.1) is 0 Å². The molecule has 0 aliphatic rings. The lowest BCUT2D eigenvalue weighted by Gasteiger charge is -2.19. The topological polar surface area (TPSA) is 58.6 Å². The van der Waals surface area contributed by atoms with E-state index in [1.165, 1.54) is 0 Å². The van der Waals surface area contributed by atoms with E-state index in [0.717, 1.165) is 7.48 Å². The summed E-state index contributed by atoms with van der Waals surface area (Å²) >= 11 is 0. The van der Waals surface area contributed by atoms with Crippen molar-refractivity contribution < 1.29 is 14.6 Å². The molecule has 0 aliphatic heterocycles. The summed E-state index contributed by atoms with van der Waals surface area (Å²) in [6, 6.07) is 6.75. The number of hydrogen-bond acceptors (Lipinski definition) is 3. The Bertz CT molecular complexity index is 356. The van der Waals surface area contributed by atoms with Gasteiger partial charge in [-0.3, -0.25) is 5.32 Å². The van der Waals surface area contributed by atoms with Gasteiger partial charge >= 0.3 is 13.6 Å². The van der Waals surface area contributed by atoms with Crippen LogP contribution in [-0.4, -0.2) is 24.2 Å². The van der Waals surface area contributed by atoms with E-state index in [9.17, 15) is 4.79 Å². The molecule has 0 fully saturated rings. The molecule has 1 radical (unpaired) electrons. The third-order valence-electron chi connectivity index (χ3n) is 1.71. The number of amides is 1. The molecule has 0 aliphatic carbocycles. The van der Waals surface area contributed by atoms with E-state index in [4.69, 9.17) is 9.76 Å². The van der Waals surface area contributed by atoms with Crippen LogP contribution in [0.2, 0.25) is 0 Å².